The predicted molar refractivity (Wildman–Crippen MR) is 65.5 cm³/mol. The maximum Gasteiger partial charge on any atom is 0.321 e. The average Bonchev–Trinajstić information content (AvgIpc) is 1.94. The number of nitrogens with zero attached hydrogens (tertiary/aromatic N) is 1. The van der Waals surface area contributed by atoms with Crippen LogP contribution >= 0.6 is 0 Å². The summed E-state index contributed by atoms with van der Waals surface area (Å²) >= 11 is 0. The van der Waals surface area contributed by atoms with Crippen molar-refractivity contribution in [1.82, 2.24) is 4.90 Å². The quantitative estimate of drug-likeness (QED) is 0.689. The summed E-state index contributed by atoms with van der Waals surface area (Å²) in [6, 6.07) is 0. The van der Waals surface area contributed by atoms with Gasteiger partial charge >= 0.3 is 5.97 Å². The van der Waals surface area contributed by atoms with Crippen LogP contribution in [0.15, 0.2) is 0 Å². The maximum absolute atomic E-state index is 11.8. The van der Waals surface area contributed by atoms with E-state index in [4.69, 9.17) is 0 Å². The van der Waals surface area contributed by atoms with Crippen molar-refractivity contribution in [3.63, 3.8) is 0 Å². The van der Waals surface area contributed by atoms with Crippen LogP contribution in [-0.4, -0.2) is 55.5 Å². The topological polar surface area (TPSA) is 63.7 Å². The lowest BCUT2D eigenvalue weighted by atomic mass is 10.0. The highest BCUT2D eigenvalue weighted by Crippen LogP contribution is 2.25. The van der Waals surface area contributed by atoms with Crippen LogP contribution in [0.25, 0.3) is 0 Å². The molecule has 1 heterocycles. The van der Waals surface area contributed by atoms with E-state index in [2.05, 4.69) is 9.64 Å². The molecule has 0 amide bonds. The molecular formula is C11H21NO4S. The molecule has 1 saturated heterocycles. The molecule has 0 bridgehead atoms. The van der Waals surface area contributed by atoms with Crippen LogP contribution in [0.2, 0.25) is 0 Å². The minimum Gasteiger partial charge on any atom is -0.465 e. The van der Waals surface area contributed by atoms with Gasteiger partial charge in [-0.05, 0) is 27.7 Å². The fourth-order valence-corrected chi connectivity index (χ4v) is 3.16. The van der Waals surface area contributed by atoms with Crippen molar-refractivity contribution in [2.45, 2.75) is 38.5 Å². The number of rotatable bonds is 4. The van der Waals surface area contributed by atoms with Crippen molar-refractivity contribution in [3.05, 3.63) is 0 Å². The zero-order valence-electron chi connectivity index (χ0n) is 10.9. The van der Waals surface area contributed by atoms with E-state index in [1.54, 1.807) is 6.92 Å². The number of hydrogen-bond donors (Lipinski definition) is 0. The average molecular weight is 263 g/mol. The molecule has 1 aliphatic rings. The largest absolute Gasteiger partial charge is 0.465 e. The number of esters is 1. The van der Waals surface area contributed by atoms with Crippen molar-refractivity contribution in [1.29, 1.82) is 0 Å². The summed E-state index contributed by atoms with van der Waals surface area (Å²) in [4.78, 5) is 13.3. The van der Waals surface area contributed by atoms with Gasteiger partial charge < -0.3 is 4.74 Å². The van der Waals surface area contributed by atoms with Crippen molar-refractivity contribution < 1.29 is 17.9 Å². The molecule has 0 aliphatic carbocycles. The van der Waals surface area contributed by atoms with Crippen LogP contribution in [-0.2, 0) is 19.4 Å². The second kappa shape index (κ2) is 4.94. The first kappa shape index (κ1) is 14.4. The summed E-state index contributed by atoms with van der Waals surface area (Å²) in [7, 11) is -3.35. The molecule has 0 unspecified atom stereocenters. The van der Waals surface area contributed by atoms with Crippen molar-refractivity contribution >= 4 is 15.8 Å². The minimum absolute atomic E-state index is 0.0179. The summed E-state index contributed by atoms with van der Waals surface area (Å²) in [5.41, 5.74) is -0.0179. The number of hydrogen-bond acceptors (Lipinski definition) is 5. The van der Waals surface area contributed by atoms with Gasteiger partial charge in [0, 0.05) is 18.6 Å². The van der Waals surface area contributed by atoms with Gasteiger partial charge in [-0.2, -0.15) is 0 Å². The van der Waals surface area contributed by atoms with Gasteiger partial charge in [-0.15, -0.1) is 0 Å². The van der Waals surface area contributed by atoms with Gasteiger partial charge in [0.15, 0.2) is 9.84 Å². The Kier molecular flexibility index (Phi) is 4.19. The van der Waals surface area contributed by atoms with Crippen LogP contribution in [0, 0.1) is 0 Å². The smallest absolute Gasteiger partial charge is 0.321 e. The molecule has 1 fully saturated rings. The zero-order valence-corrected chi connectivity index (χ0v) is 11.7. The molecule has 17 heavy (non-hydrogen) atoms. The molecule has 1 aliphatic heterocycles. The minimum atomic E-state index is -3.35. The third-order valence-corrected chi connectivity index (χ3v) is 4.88. The predicted octanol–water partition coefficient (Wildman–Crippen LogP) is 0.447. The van der Waals surface area contributed by atoms with E-state index >= 15 is 0 Å². The van der Waals surface area contributed by atoms with Crippen LogP contribution in [0.4, 0.5) is 0 Å². The highest BCUT2D eigenvalue weighted by molar-refractivity contribution is 7.92. The third-order valence-electron chi connectivity index (χ3n) is 2.93. The molecule has 0 aromatic carbocycles. The lowest BCUT2D eigenvalue weighted by Crippen LogP contribution is -2.61. The van der Waals surface area contributed by atoms with Crippen LogP contribution in [0.1, 0.15) is 27.7 Å². The highest BCUT2D eigenvalue weighted by atomic mass is 32.2. The Morgan fingerprint density at radius 3 is 2.29 bits per heavy atom. The van der Waals surface area contributed by atoms with E-state index in [1.807, 2.05) is 20.8 Å². The molecule has 0 N–H and O–H groups in total. The van der Waals surface area contributed by atoms with E-state index in [1.165, 1.54) is 0 Å². The van der Waals surface area contributed by atoms with Crippen LogP contribution < -0.4 is 0 Å². The first-order chi connectivity index (χ1) is 7.66. The van der Waals surface area contributed by atoms with E-state index in [9.17, 15) is 13.2 Å². The van der Waals surface area contributed by atoms with Gasteiger partial charge in [0.05, 0.1) is 11.9 Å². The summed E-state index contributed by atoms with van der Waals surface area (Å²) in [6.07, 6.45) is 0. The second-order valence-corrected chi connectivity index (χ2v) is 7.59. The fourth-order valence-electron chi connectivity index (χ4n) is 1.70. The van der Waals surface area contributed by atoms with E-state index < -0.39 is 26.8 Å². The molecule has 0 aromatic heterocycles. The molecule has 0 atom stereocenters. The SMILES string of the molecule is CCOC(=O)CS(=O)(=O)C1CN(C(C)(C)C)C1. The van der Waals surface area contributed by atoms with Gasteiger partial charge in [-0.25, -0.2) is 8.42 Å². The zero-order chi connectivity index (χ0) is 13.3. The number of carbonyl (C=O) groups excluding carboxylic acids is 1. The summed E-state index contributed by atoms with van der Waals surface area (Å²) in [5.74, 6) is -1.15. The third kappa shape index (κ3) is 3.67. The van der Waals surface area contributed by atoms with Gasteiger partial charge in [-0.1, -0.05) is 0 Å². The Morgan fingerprint density at radius 1 is 1.35 bits per heavy atom. The molecular weight excluding hydrogens is 242 g/mol. The number of carbonyl (C=O) groups is 1. The normalized spacial score (nSPS) is 18.8. The van der Waals surface area contributed by atoms with Crippen molar-refractivity contribution in [3.8, 4) is 0 Å². The number of likely N-dealkylation sites (tertiary alicyclic amines) is 1. The Balaban J connectivity index is 2.50. The molecule has 1 rings (SSSR count). The molecule has 6 heteroatoms. The molecule has 0 saturated carbocycles. The van der Waals surface area contributed by atoms with Crippen molar-refractivity contribution in [2.24, 2.45) is 0 Å². The molecule has 100 valence electrons. The Bertz CT molecular complexity index is 377. The Morgan fingerprint density at radius 2 is 1.88 bits per heavy atom. The van der Waals surface area contributed by atoms with E-state index in [0.717, 1.165) is 0 Å². The summed E-state index contributed by atoms with van der Waals surface area (Å²) in [5, 5.41) is -0.425. The van der Waals surface area contributed by atoms with E-state index in [0.29, 0.717) is 13.1 Å². The lowest BCUT2D eigenvalue weighted by Gasteiger charge is -2.46. The lowest BCUT2D eigenvalue weighted by molar-refractivity contribution is -0.139. The first-order valence-corrected chi connectivity index (χ1v) is 7.50. The summed E-state index contributed by atoms with van der Waals surface area (Å²) < 4.78 is 28.3. The van der Waals surface area contributed by atoms with Gasteiger partial charge in [0.2, 0.25) is 0 Å². The van der Waals surface area contributed by atoms with Gasteiger partial charge in [0.1, 0.15) is 5.75 Å². The maximum atomic E-state index is 11.8. The van der Waals surface area contributed by atoms with Gasteiger partial charge in [-0.3, -0.25) is 9.69 Å². The first-order valence-electron chi connectivity index (χ1n) is 5.79. The Labute approximate surface area is 103 Å². The number of ether oxygens (including phenoxy) is 1. The Hall–Kier alpha value is -0.620. The van der Waals surface area contributed by atoms with Gasteiger partial charge in [0.25, 0.3) is 0 Å². The monoisotopic (exact) mass is 263 g/mol. The highest BCUT2D eigenvalue weighted by Gasteiger charge is 2.42. The van der Waals surface area contributed by atoms with Crippen LogP contribution in [0.5, 0.6) is 0 Å². The molecule has 0 spiro atoms. The molecule has 0 aromatic rings. The molecule has 0 radical (unpaired) electrons. The second-order valence-electron chi connectivity index (χ2n) is 5.31. The summed E-state index contributed by atoms with van der Waals surface area (Å²) in [6.45, 7) is 9.02. The molecule has 5 nitrogen and oxygen atoms in total. The van der Waals surface area contributed by atoms with E-state index in [-0.39, 0.29) is 12.1 Å². The standard InChI is InChI=1S/C11H21NO4S/c1-5-16-10(13)8-17(14,15)9-6-12(7-9)11(2,3)4/h9H,5-8H2,1-4H3. The van der Waals surface area contributed by atoms with Crippen LogP contribution in [0.3, 0.4) is 0 Å². The number of sulfone groups is 1. The van der Waals surface area contributed by atoms with Crippen molar-refractivity contribution in [2.75, 3.05) is 25.4 Å². The fraction of sp³-hybridized carbons (Fsp3) is 0.909.